The van der Waals surface area contributed by atoms with Crippen molar-refractivity contribution in [2.75, 3.05) is 99.2 Å². The molecule has 0 aromatic rings. The monoisotopic (exact) mass is 353 g/mol. The molecular formula is C15H31NO8. The molecule has 0 aromatic carbocycles. The fourth-order valence-electron chi connectivity index (χ4n) is 1.65. The number of ether oxygens (including phenoxy) is 7. The van der Waals surface area contributed by atoms with E-state index in [0.717, 1.165) is 0 Å². The first-order chi connectivity index (χ1) is 12.0. The Bertz CT molecular complexity index is 137. The molecule has 1 saturated heterocycles. The van der Waals surface area contributed by atoms with Gasteiger partial charge in [-0.1, -0.05) is 0 Å². The van der Waals surface area contributed by atoms with Crippen molar-refractivity contribution in [1.29, 1.82) is 0 Å². The first-order valence-electron chi connectivity index (χ1n) is 8.39. The third-order valence-corrected chi connectivity index (χ3v) is 2.82. The smallest absolute Gasteiger partial charge is 0.119 e. The average Bonchev–Trinajstić information content (AvgIpc) is 2.59. The maximum Gasteiger partial charge on any atom is 0.119 e. The summed E-state index contributed by atoms with van der Waals surface area (Å²) in [6.07, 6.45) is 0. The second-order valence-corrected chi connectivity index (χ2v) is 4.72. The third kappa shape index (κ3) is 16.5. The van der Waals surface area contributed by atoms with E-state index in [1.54, 1.807) is 0 Å². The lowest BCUT2D eigenvalue weighted by Crippen LogP contribution is -2.23. The van der Waals surface area contributed by atoms with Gasteiger partial charge in [-0.05, 0) is 0 Å². The standard InChI is InChI=1S/C15H31NO8/c1-2-18-5-6-20-9-10-22-13-14-24-16-15-23-12-11-21-8-7-19-4-3-17-1/h16H,1-15H2. The molecular weight excluding hydrogens is 322 g/mol. The summed E-state index contributed by atoms with van der Waals surface area (Å²) < 4.78 is 37.5. The predicted octanol–water partition coefficient (Wildman–Crippen LogP) is -0.405. The number of hydrogen-bond acceptors (Lipinski definition) is 9. The molecule has 0 radical (unpaired) electrons. The van der Waals surface area contributed by atoms with Crippen LogP contribution in [0.5, 0.6) is 0 Å². The second kappa shape index (κ2) is 19.0. The molecule has 1 rings (SSSR count). The van der Waals surface area contributed by atoms with E-state index in [2.05, 4.69) is 5.48 Å². The Morgan fingerprint density at radius 1 is 0.333 bits per heavy atom. The highest BCUT2D eigenvalue weighted by Gasteiger charge is 1.95. The van der Waals surface area contributed by atoms with E-state index < -0.39 is 0 Å². The highest BCUT2D eigenvalue weighted by atomic mass is 16.7. The summed E-state index contributed by atoms with van der Waals surface area (Å²) in [7, 11) is 0. The molecule has 0 aliphatic carbocycles. The Morgan fingerprint density at radius 3 is 1.00 bits per heavy atom. The van der Waals surface area contributed by atoms with E-state index in [1.807, 2.05) is 0 Å². The molecule has 1 aliphatic rings. The molecule has 0 amide bonds. The Hall–Kier alpha value is -0.360. The molecule has 1 heterocycles. The van der Waals surface area contributed by atoms with Gasteiger partial charge in [-0.3, -0.25) is 4.84 Å². The number of nitrogens with one attached hydrogen (secondary N) is 1. The van der Waals surface area contributed by atoms with Crippen molar-refractivity contribution in [1.82, 2.24) is 5.48 Å². The van der Waals surface area contributed by atoms with Crippen molar-refractivity contribution in [3.8, 4) is 0 Å². The minimum Gasteiger partial charge on any atom is -0.377 e. The van der Waals surface area contributed by atoms with Crippen molar-refractivity contribution in [2.45, 2.75) is 0 Å². The van der Waals surface area contributed by atoms with Crippen LogP contribution < -0.4 is 5.48 Å². The Kier molecular flexibility index (Phi) is 17.1. The second-order valence-electron chi connectivity index (χ2n) is 4.72. The summed E-state index contributed by atoms with van der Waals surface area (Å²) in [6, 6.07) is 0. The Morgan fingerprint density at radius 2 is 0.625 bits per heavy atom. The largest absolute Gasteiger partial charge is 0.377 e. The van der Waals surface area contributed by atoms with Crippen LogP contribution in [0.15, 0.2) is 0 Å². The van der Waals surface area contributed by atoms with Gasteiger partial charge in [0.05, 0.1) is 92.5 Å². The lowest BCUT2D eigenvalue weighted by atomic mass is 10.6. The van der Waals surface area contributed by atoms with Crippen LogP contribution in [-0.4, -0.2) is 99.2 Å². The molecule has 1 fully saturated rings. The van der Waals surface area contributed by atoms with Crippen LogP contribution in [0, 0.1) is 0 Å². The van der Waals surface area contributed by atoms with Gasteiger partial charge in [-0.25, -0.2) is 0 Å². The number of hydroxylamine groups is 1. The third-order valence-electron chi connectivity index (χ3n) is 2.82. The van der Waals surface area contributed by atoms with E-state index in [1.165, 1.54) is 0 Å². The molecule has 0 aromatic heterocycles. The first-order valence-corrected chi connectivity index (χ1v) is 8.39. The topological polar surface area (TPSA) is 85.9 Å². The van der Waals surface area contributed by atoms with Gasteiger partial charge >= 0.3 is 0 Å². The molecule has 1 N–H and O–H groups in total. The molecule has 0 spiro atoms. The van der Waals surface area contributed by atoms with Crippen LogP contribution in [0.25, 0.3) is 0 Å². The van der Waals surface area contributed by atoms with Crippen molar-refractivity contribution in [3.05, 3.63) is 0 Å². The van der Waals surface area contributed by atoms with E-state index >= 15 is 0 Å². The van der Waals surface area contributed by atoms with Gasteiger partial charge in [0.25, 0.3) is 0 Å². The fraction of sp³-hybridized carbons (Fsp3) is 1.00. The molecule has 144 valence electrons. The number of rotatable bonds is 0. The lowest BCUT2D eigenvalue weighted by Gasteiger charge is -2.10. The van der Waals surface area contributed by atoms with Crippen LogP contribution in [0.2, 0.25) is 0 Å². The van der Waals surface area contributed by atoms with Crippen molar-refractivity contribution >= 4 is 0 Å². The summed E-state index contributed by atoms with van der Waals surface area (Å²) >= 11 is 0. The zero-order chi connectivity index (χ0) is 17.0. The van der Waals surface area contributed by atoms with Crippen LogP contribution >= 0.6 is 0 Å². The van der Waals surface area contributed by atoms with Crippen LogP contribution in [0.3, 0.4) is 0 Å². The molecule has 9 heteroatoms. The summed E-state index contributed by atoms with van der Waals surface area (Å²) in [5, 5.41) is 0. The lowest BCUT2D eigenvalue weighted by molar-refractivity contribution is -0.0690. The van der Waals surface area contributed by atoms with Crippen molar-refractivity contribution < 1.29 is 38.0 Å². The zero-order valence-corrected chi connectivity index (χ0v) is 14.4. The van der Waals surface area contributed by atoms with Gasteiger partial charge in [0, 0.05) is 0 Å². The van der Waals surface area contributed by atoms with Gasteiger partial charge < -0.3 is 33.2 Å². The normalized spacial score (nSPS) is 24.0. The van der Waals surface area contributed by atoms with Crippen LogP contribution in [-0.2, 0) is 38.0 Å². The van der Waals surface area contributed by atoms with E-state index in [0.29, 0.717) is 99.2 Å². The molecule has 24 heavy (non-hydrogen) atoms. The van der Waals surface area contributed by atoms with Crippen LogP contribution in [0.4, 0.5) is 0 Å². The fourth-order valence-corrected chi connectivity index (χ4v) is 1.65. The van der Waals surface area contributed by atoms with Crippen molar-refractivity contribution in [2.24, 2.45) is 0 Å². The average molecular weight is 353 g/mol. The SMILES string of the molecule is C1COCCOCCOCCONCOCCOCCOCCO1. The van der Waals surface area contributed by atoms with E-state index in [-0.39, 0.29) is 0 Å². The van der Waals surface area contributed by atoms with Gasteiger partial charge in [0.2, 0.25) is 0 Å². The summed E-state index contributed by atoms with van der Waals surface area (Å²) in [5.74, 6) is 0. The summed E-state index contributed by atoms with van der Waals surface area (Å²) in [5.41, 5.74) is 2.69. The molecule has 9 nitrogen and oxygen atoms in total. The molecule has 0 atom stereocenters. The zero-order valence-electron chi connectivity index (χ0n) is 14.4. The first kappa shape index (κ1) is 21.7. The molecule has 1 aliphatic heterocycles. The quantitative estimate of drug-likeness (QED) is 0.625. The molecule has 0 saturated carbocycles. The van der Waals surface area contributed by atoms with Crippen LogP contribution in [0.1, 0.15) is 0 Å². The highest BCUT2D eigenvalue weighted by Crippen LogP contribution is 1.85. The van der Waals surface area contributed by atoms with E-state index in [9.17, 15) is 0 Å². The van der Waals surface area contributed by atoms with Gasteiger partial charge in [0.15, 0.2) is 0 Å². The maximum absolute atomic E-state index is 5.38. The predicted molar refractivity (Wildman–Crippen MR) is 84.8 cm³/mol. The Labute approximate surface area is 143 Å². The molecule has 0 unspecified atom stereocenters. The van der Waals surface area contributed by atoms with Gasteiger partial charge in [0.1, 0.15) is 6.73 Å². The minimum absolute atomic E-state index is 0.306. The van der Waals surface area contributed by atoms with E-state index in [4.69, 9.17) is 38.0 Å². The van der Waals surface area contributed by atoms with Crippen molar-refractivity contribution in [3.63, 3.8) is 0 Å². The minimum atomic E-state index is 0.306. The number of hydrogen-bond donors (Lipinski definition) is 1. The van der Waals surface area contributed by atoms with Gasteiger partial charge in [-0.2, -0.15) is 5.48 Å². The highest BCUT2D eigenvalue weighted by molar-refractivity contribution is 4.37. The summed E-state index contributed by atoms with van der Waals surface area (Å²) in [6.45, 7) is 7.67. The Balaban J connectivity index is 2.00. The summed E-state index contributed by atoms with van der Waals surface area (Å²) in [4.78, 5) is 5.14. The maximum atomic E-state index is 5.38. The van der Waals surface area contributed by atoms with Gasteiger partial charge in [-0.15, -0.1) is 0 Å². The molecule has 0 bridgehead atoms.